The van der Waals surface area contributed by atoms with Gasteiger partial charge in [-0.05, 0) is 31.2 Å². The fraction of sp³-hybridized carbons (Fsp3) is 0.235. The monoisotopic (exact) mass is 334 g/mol. The summed E-state index contributed by atoms with van der Waals surface area (Å²) in [4.78, 5) is 11.2. The van der Waals surface area contributed by atoms with Crippen LogP contribution >= 0.6 is 0 Å². The predicted octanol–water partition coefficient (Wildman–Crippen LogP) is 3.18. The van der Waals surface area contributed by atoms with Crippen molar-refractivity contribution in [3.63, 3.8) is 0 Å². The number of amides is 1. The highest BCUT2D eigenvalue weighted by molar-refractivity contribution is 5.95. The highest BCUT2D eigenvalue weighted by atomic mass is 19.2. The molecule has 2 aromatic rings. The van der Waals surface area contributed by atoms with E-state index >= 15 is 0 Å². The van der Waals surface area contributed by atoms with Crippen LogP contribution in [-0.4, -0.2) is 25.2 Å². The molecule has 3 rings (SSSR count). The first-order chi connectivity index (χ1) is 11.5. The maximum atomic E-state index is 13.1. The molecule has 2 N–H and O–H groups in total. The summed E-state index contributed by atoms with van der Waals surface area (Å²) in [6, 6.07) is 8.66. The topological polar surface area (TPSA) is 59.6 Å². The number of fused-ring (bicyclic) bond motifs is 1. The molecule has 0 aliphatic carbocycles. The minimum absolute atomic E-state index is 0.00868. The maximum absolute atomic E-state index is 13.1. The molecule has 5 nitrogen and oxygen atoms in total. The molecule has 0 bridgehead atoms. The number of benzene rings is 2. The van der Waals surface area contributed by atoms with E-state index < -0.39 is 11.6 Å². The molecule has 7 heteroatoms. The minimum Gasteiger partial charge on any atom is -0.491 e. The normalized spacial score (nSPS) is 14.2. The smallest absolute Gasteiger partial charge is 0.262 e. The lowest BCUT2D eigenvalue weighted by atomic mass is 10.2. The lowest BCUT2D eigenvalue weighted by molar-refractivity contribution is -0.118. The van der Waals surface area contributed by atoms with Gasteiger partial charge in [-0.1, -0.05) is 0 Å². The first-order valence-corrected chi connectivity index (χ1v) is 7.42. The van der Waals surface area contributed by atoms with Gasteiger partial charge in [0.25, 0.3) is 5.91 Å². The summed E-state index contributed by atoms with van der Waals surface area (Å²) < 4.78 is 36.8. The summed E-state index contributed by atoms with van der Waals surface area (Å²) in [6.45, 7) is 2.15. The van der Waals surface area contributed by atoms with Crippen molar-refractivity contribution in [2.24, 2.45) is 0 Å². The lowest BCUT2D eigenvalue weighted by Gasteiger charge is -2.21. The van der Waals surface area contributed by atoms with Crippen molar-refractivity contribution in [2.45, 2.75) is 13.0 Å². The third-order valence-corrected chi connectivity index (χ3v) is 3.42. The number of halogens is 2. The van der Waals surface area contributed by atoms with Crippen molar-refractivity contribution < 1.29 is 23.0 Å². The molecule has 1 aliphatic heterocycles. The fourth-order valence-electron chi connectivity index (χ4n) is 2.28. The number of carbonyl (C=O) groups excluding carboxylic acids is 1. The van der Waals surface area contributed by atoms with Crippen LogP contribution in [0.4, 0.5) is 20.2 Å². The summed E-state index contributed by atoms with van der Waals surface area (Å²) in [5.74, 6) is -1.18. The standard InChI is InChI=1S/C17H16F2N2O3/c1-10(8-23-12-3-4-13(18)14(19)7-12)20-11-2-5-15-16(6-11)24-9-17(22)21-15/h2-7,10,20H,8-9H2,1H3,(H,21,22)/t10-/m1/s1. The highest BCUT2D eigenvalue weighted by Crippen LogP contribution is 2.30. The van der Waals surface area contributed by atoms with Gasteiger partial charge in [0.1, 0.15) is 18.1 Å². The molecule has 24 heavy (non-hydrogen) atoms. The molecule has 0 unspecified atom stereocenters. The van der Waals surface area contributed by atoms with Gasteiger partial charge in [-0.15, -0.1) is 0 Å². The predicted molar refractivity (Wildman–Crippen MR) is 85.5 cm³/mol. The van der Waals surface area contributed by atoms with Gasteiger partial charge < -0.3 is 20.1 Å². The quantitative estimate of drug-likeness (QED) is 0.882. The van der Waals surface area contributed by atoms with Gasteiger partial charge in [0.05, 0.1) is 11.7 Å². The van der Waals surface area contributed by atoms with Gasteiger partial charge >= 0.3 is 0 Å². The molecule has 1 aliphatic rings. The van der Waals surface area contributed by atoms with Crippen molar-refractivity contribution in [1.29, 1.82) is 0 Å². The van der Waals surface area contributed by atoms with Crippen molar-refractivity contribution in [3.8, 4) is 11.5 Å². The van der Waals surface area contributed by atoms with E-state index in [4.69, 9.17) is 9.47 Å². The number of hydrogen-bond donors (Lipinski definition) is 2. The van der Waals surface area contributed by atoms with Gasteiger partial charge in [0.2, 0.25) is 0 Å². The van der Waals surface area contributed by atoms with Crippen LogP contribution in [0.2, 0.25) is 0 Å². The van der Waals surface area contributed by atoms with Crippen LogP contribution in [0.1, 0.15) is 6.92 Å². The van der Waals surface area contributed by atoms with Gasteiger partial charge in [-0.3, -0.25) is 4.79 Å². The number of ether oxygens (including phenoxy) is 2. The van der Waals surface area contributed by atoms with Crippen LogP contribution in [0.3, 0.4) is 0 Å². The largest absolute Gasteiger partial charge is 0.491 e. The van der Waals surface area contributed by atoms with E-state index in [1.165, 1.54) is 6.07 Å². The third-order valence-electron chi connectivity index (χ3n) is 3.42. The third kappa shape index (κ3) is 3.73. The molecule has 1 amide bonds. The van der Waals surface area contributed by atoms with E-state index in [1.807, 2.05) is 13.0 Å². The van der Waals surface area contributed by atoms with Crippen LogP contribution in [0, 0.1) is 11.6 Å². The summed E-state index contributed by atoms with van der Waals surface area (Å²) >= 11 is 0. The van der Waals surface area contributed by atoms with Crippen molar-refractivity contribution in [2.75, 3.05) is 23.8 Å². The first kappa shape index (κ1) is 16.0. The summed E-state index contributed by atoms with van der Waals surface area (Å²) in [5, 5.41) is 5.93. The van der Waals surface area contributed by atoms with E-state index in [9.17, 15) is 13.6 Å². The molecule has 0 aromatic heterocycles. The Hall–Kier alpha value is -2.83. The summed E-state index contributed by atoms with van der Waals surface area (Å²) in [7, 11) is 0. The molecule has 0 spiro atoms. The molecule has 0 saturated heterocycles. The zero-order chi connectivity index (χ0) is 17.1. The van der Waals surface area contributed by atoms with Crippen LogP contribution < -0.4 is 20.1 Å². The summed E-state index contributed by atoms with van der Waals surface area (Å²) in [6.07, 6.45) is 0. The SMILES string of the molecule is C[C@H](COc1ccc(F)c(F)c1)Nc1ccc2c(c1)OCC(=O)N2. The molecule has 0 fully saturated rings. The van der Waals surface area contributed by atoms with Gasteiger partial charge in [0.15, 0.2) is 18.2 Å². The molecule has 1 atom stereocenters. The second-order valence-electron chi connectivity index (χ2n) is 5.48. The average Bonchev–Trinajstić information content (AvgIpc) is 2.56. The second kappa shape index (κ2) is 6.74. The van der Waals surface area contributed by atoms with Crippen molar-refractivity contribution in [1.82, 2.24) is 0 Å². The van der Waals surface area contributed by atoms with Gasteiger partial charge in [-0.2, -0.15) is 0 Å². The Kier molecular flexibility index (Phi) is 4.50. The number of anilines is 2. The van der Waals surface area contributed by atoms with E-state index in [0.717, 1.165) is 17.8 Å². The van der Waals surface area contributed by atoms with Gasteiger partial charge in [-0.25, -0.2) is 8.78 Å². The molecular weight excluding hydrogens is 318 g/mol. The highest BCUT2D eigenvalue weighted by Gasteiger charge is 2.16. The first-order valence-electron chi connectivity index (χ1n) is 7.42. The molecule has 0 saturated carbocycles. The van der Waals surface area contributed by atoms with Crippen molar-refractivity contribution >= 4 is 17.3 Å². The Labute approximate surface area is 137 Å². The molecule has 1 heterocycles. The Bertz CT molecular complexity index is 767. The molecular formula is C17H16F2N2O3. The van der Waals surface area contributed by atoms with Crippen LogP contribution in [-0.2, 0) is 4.79 Å². The molecule has 2 aromatic carbocycles. The number of rotatable bonds is 5. The Morgan fingerprint density at radius 1 is 1.25 bits per heavy atom. The Morgan fingerprint density at radius 2 is 2.08 bits per heavy atom. The number of carbonyl (C=O) groups is 1. The van der Waals surface area contributed by atoms with E-state index in [2.05, 4.69) is 10.6 Å². The maximum Gasteiger partial charge on any atom is 0.262 e. The van der Waals surface area contributed by atoms with Crippen LogP contribution in [0.5, 0.6) is 11.5 Å². The zero-order valence-electron chi connectivity index (χ0n) is 12.9. The fourth-order valence-corrected chi connectivity index (χ4v) is 2.28. The zero-order valence-corrected chi connectivity index (χ0v) is 12.9. The Morgan fingerprint density at radius 3 is 2.88 bits per heavy atom. The van der Waals surface area contributed by atoms with Crippen LogP contribution in [0.25, 0.3) is 0 Å². The second-order valence-corrected chi connectivity index (χ2v) is 5.48. The van der Waals surface area contributed by atoms with E-state index in [1.54, 1.807) is 12.1 Å². The number of hydrogen-bond acceptors (Lipinski definition) is 4. The van der Waals surface area contributed by atoms with Gasteiger partial charge in [0, 0.05) is 17.8 Å². The molecule has 0 radical (unpaired) electrons. The summed E-state index contributed by atoms with van der Waals surface area (Å²) in [5.41, 5.74) is 1.42. The van der Waals surface area contributed by atoms with E-state index in [0.29, 0.717) is 11.4 Å². The van der Waals surface area contributed by atoms with Crippen LogP contribution in [0.15, 0.2) is 36.4 Å². The van der Waals surface area contributed by atoms with E-state index in [-0.39, 0.29) is 30.9 Å². The minimum atomic E-state index is -0.943. The Balaban J connectivity index is 1.57. The van der Waals surface area contributed by atoms with Crippen molar-refractivity contribution in [3.05, 3.63) is 48.0 Å². The number of nitrogens with one attached hydrogen (secondary N) is 2. The molecule has 126 valence electrons. The average molecular weight is 334 g/mol. The lowest BCUT2D eigenvalue weighted by Crippen LogP contribution is -2.26.